The summed E-state index contributed by atoms with van der Waals surface area (Å²) in [6.07, 6.45) is 3.19. The largest absolute Gasteiger partial charge is 0.444 e. The molecule has 2 aliphatic rings. The Kier molecular flexibility index (Phi) is 6.91. The number of carbonyl (C=O) groups excluding carboxylic acids is 1. The van der Waals surface area contributed by atoms with Crippen LogP contribution < -0.4 is 5.32 Å². The molecule has 196 valence electrons. The summed E-state index contributed by atoms with van der Waals surface area (Å²) in [7, 11) is 0. The first-order valence-corrected chi connectivity index (χ1v) is 12.6. The van der Waals surface area contributed by atoms with E-state index < -0.39 is 23.6 Å². The van der Waals surface area contributed by atoms with E-state index in [2.05, 4.69) is 20.3 Å². The van der Waals surface area contributed by atoms with E-state index in [1.165, 1.54) is 12.3 Å². The number of benzene rings is 1. The number of aliphatic hydroxyl groups is 1. The Morgan fingerprint density at radius 1 is 1.30 bits per heavy atom. The van der Waals surface area contributed by atoms with Crippen LogP contribution in [0.25, 0.3) is 22.2 Å². The van der Waals surface area contributed by atoms with Crippen molar-refractivity contribution in [1.29, 1.82) is 0 Å². The first-order chi connectivity index (χ1) is 17.6. The summed E-state index contributed by atoms with van der Waals surface area (Å²) >= 11 is 6.45. The maximum absolute atomic E-state index is 15.3. The van der Waals surface area contributed by atoms with Gasteiger partial charge in [0.05, 0.1) is 35.7 Å². The molecule has 2 atom stereocenters. The molecule has 11 heteroatoms. The van der Waals surface area contributed by atoms with Gasteiger partial charge >= 0.3 is 6.09 Å². The second-order valence-corrected chi connectivity index (χ2v) is 10.7. The Labute approximate surface area is 219 Å². The summed E-state index contributed by atoms with van der Waals surface area (Å²) < 4.78 is 26.1. The van der Waals surface area contributed by atoms with Crippen molar-refractivity contribution in [3.8, 4) is 11.3 Å². The van der Waals surface area contributed by atoms with Gasteiger partial charge in [0.15, 0.2) is 0 Å². The third-order valence-electron chi connectivity index (χ3n) is 6.44. The third-order valence-corrected chi connectivity index (χ3v) is 6.71. The lowest BCUT2D eigenvalue weighted by Crippen LogP contribution is -2.42. The van der Waals surface area contributed by atoms with Crippen molar-refractivity contribution in [2.75, 3.05) is 25.1 Å². The summed E-state index contributed by atoms with van der Waals surface area (Å²) in [5.41, 5.74) is 2.16. The van der Waals surface area contributed by atoms with Gasteiger partial charge in [0.2, 0.25) is 5.95 Å². The van der Waals surface area contributed by atoms with E-state index in [0.29, 0.717) is 42.6 Å². The summed E-state index contributed by atoms with van der Waals surface area (Å²) in [5.74, 6) is -0.246. The molecule has 5 rings (SSSR count). The van der Waals surface area contributed by atoms with Crippen LogP contribution in [0.4, 0.5) is 15.1 Å². The molecule has 0 saturated carbocycles. The molecular weight excluding hydrogens is 501 g/mol. The van der Waals surface area contributed by atoms with E-state index in [0.717, 1.165) is 11.1 Å². The van der Waals surface area contributed by atoms with Crippen LogP contribution in [0, 0.1) is 5.82 Å². The van der Waals surface area contributed by atoms with Crippen LogP contribution in [0.1, 0.15) is 38.3 Å². The molecular formula is C26H29ClFN5O4. The van der Waals surface area contributed by atoms with Crippen molar-refractivity contribution in [3.63, 3.8) is 0 Å². The van der Waals surface area contributed by atoms with E-state index in [1.807, 2.05) is 20.8 Å². The average Bonchev–Trinajstić information content (AvgIpc) is 2.85. The number of aromatic nitrogens is 3. The number of amides is 1. The molecule has 2 N–H and O–H groups in total. The lowest BCUT2D eigenvalue weighted by atomic mass is 9.95. The molecule has 0 bridgehead atoms. The Balaban J connectivity index is 1.51. The number of anilines is 1. The first-order valence-electron chi connectivity index (χ1n) is 12.2. The van der Waals surface area contributed by atoms with Crippen molar-refractivity contribution < 1.29 is 23.8 Å². The van der Waals surface area contributed by atoms with E-state index in [-0.39, 0.29) is 35.7 Å². The highest BCUT2D eigenvalue weighted by molar-refractivity contribution is 6.33. The summed E-state index contributed by atoms with van der Waals surface area (Å²) in [6, 6.07) is 2.87. The highest BCUT2D eigenvalue weighted by Gasteiger charge is 2.28. The Morgan fingerprint density at radius 3 is 2.86 bits per heavy atom. The van der Waals surface area contributed by atoms with E-state index >= 15 is 4.39 Å². The predicted molar refractivity (Wildman–Crippen MR) is 137 cm³/mol. The number of hydrogen-bond donors (Lipinski definition) is 2. The summed E-state index contributed by atoms with van der Waals surface area (Å²) in [6.45, 7) is 6.97. The number of fused-ring (bicyclic) bond motifs is 3. The number of nitrogens with one attached hydrogen (secondary N) is 1. The quantitative estimate of drug-likeness (QED) is 0.515. The van der Waals surface area contributed by atoms with Crippen LogP contribution in [-0.2, 0) is 22.4 Å². The monoisotopic (exact) mass is 529 g/mol. The Hall–Kier alpha value is -3.08. The average molecular weight is 530 g/mol. The lowest BCUT2D eigenvalue weighted by molar-refractivity contribution is -0.0136. The molecule has 1 fully saturated rings. The van der Waals surface area contributed by atoms with Gasteiger partial charge in [0.1, 0.15) is 16.9 Å². The fraction of sp³-hybridized carbons (Fsp3) is 0.462. The zero-order valence-corrected chi connectivity index (χ0v) is 21.7. The molecule has 0 aliphatic carbocycles. The van der Waals surface area contributed by atoms with Crippen molar-refractivity contribution in [2.24, 2.45) is 0 Å². The SMILES string of the molecule is CC(C)(C)OC(=O)N1CCc2cnc3c(F)cc(-c4nc(N[C@@H]5CCOC[C@H]5O)ncc4Cl)cc3c2C1. The second kappa shape index (κ2) is 10.00. The molecule has 2 aliphatic heterocycles. The van der Waals surface area contributed by atoms with Gasteiger partial charge in [-0.25, -0.2) is 19.2 Å². The van der Waals surface area contributed by atoms with Crippen molar-refractivity contribution >= 4 is 34.5 Å². The summed E-state index contributed by atoms with van der Waals surface area (Å²) in [4.78, 5) is 27.5. The molecule has 0 unspecified atom stereocenters. The molecule has 1 amide bonds. The smallest absolute Gasteiger partial charge is 0.410 e. The lowest BCUT2D eigenvalue weighted by Gasteiger charge is -2.31. The molecule has 1 saturated heterocycles. The zero-order valence-electron chi connectivity index (χ0n) is 20.9. The third kappa shape index (κ3) is 5.46. The van der Waals surface area contributed by atoms with Gasteiger partial charge in [0.25, 0.3) is 0 Å². The molecule has 37 heavy (non-hydrogen) atoms. The fourth-order valence-electron chi connectivity index (χ4n) is 4.60. The van der Waals surface area contributed by atoms with Gasteiger partial charge in [-0.1, -0.05) is 11.6 Å². The molecule has 0 spiro atoms. The molecule has 2 aromatic heterocycles. The maximum atomic E-state index is 15.3. The number of aliphatic hydroxyl groups excluding tert-OH is 1. The highest BCUT2D eigenvalue weighted by atomic mass is 35.5. The summed E-state index contributed by atoms with van der Waals surface area (Å²) in [5, 5.41) is 14.2. The predicted octanol–water partition coefficient (Wildman–Crippen LogP) is 4.34. The fourth-order valence-corrected chi connectivity index (χ4v) is 4.80. The van der Waals surface area contributed by atoms with Gasteiger partial charge in [-0.05, 0) is 56.9 Å². The molecule has 4 heterocycles. The number of halogens is 2. The van der Waals surface area contributed by atoms with Crippen molar-refractivity contribution in [1.82, 2.24) is 19.9 Å². The minimum absolute atomic E-state index is 0.211. The number of carbonyl (C=O) groups is 1. The van der Waals surface area contributed by atoms with Crippen molar-refractivity contribution in [2.45, 2.75) is 57.9 Å². The van der Waals surface area contributed by atoms with Crippen LogP contribution in [0.2, 0.25) is 5.02 Å². The highest BCUT2D eigenvalue weighted by Crippen LogP contribution is 2.34. The minimum Gasteiger partial charge on any atom is -0.444 e. The Bertz CT molecular complexity index is 1350. The van der Waals surface area contributed by atoms with Crippen LogP contribution in [0.15, 0.2) is 24.5 Å². The molecule has 0 radical (unpaired) electrons. The van der Waals surface area contributed by atoms with Gasteiger partial charge in [-0.15, -0.1) is 0 Å². The van der Waals surface area contributed by atoms with Crippen LogP contribution in [0.3, 0.4) is 0 Å². The zero-order chi connectivity index (χ0) is 26.3. The van der Waals surface area contributed by atoms with Gasteiger partial charge in [-0.3, -0.25) is 4.98 Å². The van der Waals surface area contributed by atoms with E-state index in [4.69, 9.17) is 21.1 Å². The standard InChI is InChI=1S/C26H29ClFN5O4/c1-26(2,3)37-25(35)33-6-4-14-10-29-23-16(17(14)12-33)8-15(9-19(23)28)22-18(27)11-30-24(32-22)31-20-5-7-36-13-21(20)34/h8-11,20-21,34H,4-7,12-13H2,1-3H3,(H,30,31,32)/t20-,21-/m1/s1. The second-order valence-electron chi connectivity index (χ2n) is 10.3. The van der Waals surface area contributed by atoms with E-state index in [1.54, 1.807) is 17.2 Å². The molecule has 3 aromatic rings. The van der Waals surface area contributed by atoms with Gasteiger partial charge in [-0.2, -0.15) is 0 Å². The number of nitrogens with zero attached hydrogens (tertiary/aromatic N) is 4. The molecule has 1 aromatic carbocycles. The van der Waals surface area contributed by atoms with E-state index in [9.17, 15) is 9.90 Å². The minimum atomic E-state index is -0.694. The normalized spacial score (nSPS) is 20.0. The maximum Gasteiger partial charge on any atom is 0.410 e. The topological polar surface area (TPSA) is 110 Å². The number of rotatable bonds is 3. The number of hydrogen-bond acceptors (Lipinski definition) is 8. The molecule has 9 nitrogen and oxygen atoms in total. The van der Waals surface area contributed by atoms with Crippen molar-refractivity contribution in [3.05, 3.63) is 46.5 Å². The Morgan fingerprint density at radius 2 is 2.11 bits per heavy atom. The first kappa shape index (κ1) is 25.6. The number of pyridine rings is 1. The number of ether oxygens (including phenoxy) is 2. The van der Waals surface area contributed by atoms with Gasteiger partial charge < -0.3 is 24.8 Å². The van der Waals surface area contributed by atoms with Crippen LogP contribution in [-0.4, -0.2) is 68.6 Å². The van der Waals surface area contributed by atoms with Crippen LogP contribution in [0.5, 0.6) is 0 Å². The van der Waals surface area contributed by atoms with Gasteiger partial charge in [0, 0.05) is 36.8 Å². The van der Waals surface area contributed by atoms with Crippen LogP contribution >= 0.6 is 11.6 Å².